The quantitative estimate of drug-likeness (QED) is 0.684. The van der Waals surface area contributed by atoms with E-state index in [-0.39, 0.29) is 5.88 Å². The first-order valence-corrected chi connectivity index (χ1v) is 5.02. The van der Waals surface area contributed by atoms with Crippen LogP contribution >= 0.6 is 0 Å². The van der Waals surface area contributed by atoms with Gasteiger partial charge < -0.3 is 10.0 Å². The van der Waals surface area contributed by atoms with Crippen LogP contribution in [-0.2, 0) is 0 Å². The molecule has 1 aliphatic rings. The largest absolute Gasteiger partial charge is 0.493 e. The summed E-state index contributed by atoms with van der Waals surface area (Å²) in [5, 5.41) is 9.34. The Hall–Kier alpha value is -1.25. The van der Waals surface area contributed by atoms with Crippen molar-refractivity contribution in [2.24, 2.45) is 0 Å². The summed E-state index contributed by atoms with van der Waals surface area (Å²) in [4.78, 5) is 6.31. The highest BCUT2D eigenvalue weighted by Crippen LogP contribution is 2.36. The highest BCUT2D eigenvalue weighted by Gasteiger charge is 2.26. The van der Waals surface area contributed by atoms with Crippen LogP contribution in [-0.4, -0.2) is 23.2 Å². The number of nitrogens with zero attached hydrogens (tertiary/aromatic N) is 2. The summed E-state index contributed by atoms with van der Waals surface area (Å²) in [5.41, 5.74) is 1.24. The van der Waals surface area contributed by atoms with Crippen molar-refractivity contribution in [3.63, 3.8) is 0 Å². The van der Waals surface area contributed by atoms with E-state index >= 15 is 0 Å². The Labute approximate surface area is 84.4 Å². The molecule has 0 saturated heterocycles. The second kappa shape index (κ2) is 3.15. The van der Waals surface area contributed by atoms with E-state index in [4.69, 9.17) is 0 Å². The van der Waals surface area contributed by atoms with Crippen molar-refractivity contribution in [3.05, 3.63) is 17.7 Å². The molecule has 1 aromatic heterocycles. The lowest BCUT2D eigenvalue weighted by Gasteiger charge is -2.35. The van der Waals surface area contributed by atoms with E-state index in [1.165, 1.54) is 5.56 Å². The van der Waals surface area contributed by atoms with Crippen LogP contribution in [0.4, 0.5) is 5.82 Å². The molecule has 3 heteroatoms. The summed E-state index contributed by atoms with van der Waals surface area (Å²) in [6.07, 6.45) is 1.15. The van der Waals surface area contributed by atoms with E-state index in [1.807, 2.05) is 13.1 Å². The summed E-state index contributed by atoms with van der Waals surface area (Å²) in [6, 6.07) is 4.14. The summed E-state index contributed by atoms with van der Waals surface area (Å²) in [6.45, 7) is 4.40. The Morgan fingerprint density at radius 3 is 2.86 bits per heavy atom. The molecular weight excluding hydrogens is 176 g/mol. The predicted octanol–water partition coefficient (Wildman–Crippen LogP) is 2.12. The lowest BCUT2D eigenvalue weighted by molar-refractivity contribution is 0.447. The second-order valence-electron chi connectivity index (χ2n) is 4.18. The van der Waals surface area contributed by atoms with Crippen LogP contribution in [0.5, 0.6) is 5.88 Å². The van der Waals surface area contributed by atoms with E-state index in [9.17, 15) is 5.11 Å². The number of hydrogen-bond acceptors (Lipinski definition) is 3. The first kappa shape index (κ1) is 9.31. The zero-order chi connectivity index (χ0) is 10.3. The van der Waals surface area contributed by atoms with Gasteiger partial charge >= 0.3 is 0 Å². The highest BCUT2D eigenvalue weighted by molar-refractivity contribution is 5.52. The number of rotatable bonds is 0. The zero-order valence-electron chi connectivity index (χ0n) is 8.86. The van der Waals surface area contributed by atoms with Gasteiger partial charge in [-0.15, -0.1) is 0 Å². The van der Waals surface area contributed by atoms with Gasteiger partial charge in [0, 0.05) is 19.2 Å². The molecule has 76 valence electrons. The molecule has 0 radical (unpaired) electrons. The van der Waals surface area contributed by atoms with Crippen molar-refractivity contribution in [2.45, 2.75) is 32.2 Å². The SMILES string of the molecule is CC1CC(C)N(C)c2nc(O)ccc21. The second-order valence-corrected chi connectivity index (χ2v) is 4.18. The molecule has 2 rings (SSSR count). The van der Waals surface area contributed by atoms with Gasteiger partial charge in [-0.1, -0.05) is 6.92 Å². The standard InChI is InChI=1S/C11H16N2O/c1-7-6-8(2)13(3)11-9(7)4-5-10(14)12-11/h4-5,7-8H,6H2,1-3H3,(H,12,14). The average molecular weight is 192 g/mol. The fourth-order valence-electron chi connectivity index (χ4n) is 2.12. The van der Waals surface area contributed by atoms with E-state index < -0.39 is 0 Å². The van der Waals surface area contributed by atoms with Crippen LogP contribution in [0.25, 0.3) is 0 Å². The normalized spacial score (nSPS) is 26.1. The number of pyridine rings is 1. The van der Waals surface area contributed by atoms with Crippen molar-refractivity contribution in [3.8, 4) is 5.88 Å². The third-order valence-corrected chi connectivity index (χ3v) is 3.11. The Balaban J connectivity index is 2.51. The monoisotopic (exact) mass is 192 g/mol. The lowest BCUT2D eigenvalue weighted by atomic mass is 9.90. The topological polar surface area (TPSA) is 36.4 Å². The number of hydrogen-bond donors (Lipinski definition) is 1. The molecule has 0 bridgehead atoms. The predicted molar refractivity (Wildman–Crippen MR) is 56.8 cm³/mol. The van der Waals surface area contributed by atoms with Crippen molar-refractivity contribution in [1.82, 2.24) is 4.98 Å². The number of fused-ring (bicyclic) bond motifs is 1. The molecule has 0 aliphatic carbocycles. The molecule has 0 amide bonds. The fourth-order valence-corrected chi connectivity index (χ4v) is 2.12. The van der Waals surface area contributed by atoms with E-state index in [2.05, 4.69) is 23.7 Å². The number of aromatic hydroxyl groups is 1. The Bertz CT molecular complexity index is 351. The molecule has 2 atom stereocenters. The highest BCUT2D eigenvalue weighted by atomic mass is 16.3. The van der Waals surface area contributed by atoms with Gasteiger partial charge in [0.25, 0.3) is 0 Å². The Kier molecular flexibility index (Phi) is 2.10. The molecule has 1 aromatic rings. The number of aromatic nitrogens is 1. The summed E-state index contributed by atoms with van der Waals surface area (Å²) in [5.74, 6) is 1.57. The van der Waals surface area contributed by atoms with Crippen LogP contribution < -0.4 is 4.90 Å². The van der Waals surface area contributed by atoms with Gasteiger partial charge in [-0.25, -0.2) is 0 Å². The van der Waals surface area contributed by atoms with Gasteiger partial charge in [0.2, 0.25) is 5.88 Å². The first-order chi connectivity index (χ1) is 6.59. The Morgan fingerprint density at radius 1 is 1.43 bits per heavy atom. The molecule has 14 heavy (non-hydrogen) atoms. The third kappa shape index (κ3) is 1.33. The van der Waals surface area contributed by atoms with Crippen molar-refractivity contribution in [1.29, 1.82) is 0 Å². The fraction of sp³-hybridized carbons (Fsp3) is 0.545. The molecule has 0 aromatic carbocycles. The molecule has 1 N–H and O–H groups in total. The van der Waals surface area contributed by atoms with Crippen molar-refractivity contribution >= 4 is 5.82 Å². The minimum absolute atomic E-state index is 0.108. The van der Waals surface area contributed by atoms with E-state index in [0.29, 0.717) is 12.0 Å². The molecular formula is C11H16N2O. The van der Waals surface area contributed by atoms with Crippen LogP contribution in [0, 0.1) is 0 Å². The van der Waals surface area contributed by atoms with Crippen LogP contribution in [0.3, 0.4) is 0 Å². The maximum absolute atomic E-state index is 9.34. The van der Waals surface area contributed by atoms with Gasteiger partial charge in [-0.05, 0) is 30.9 Å². The average Bonchev–Trinajstić information content (AvgIpc) is 2.14. The molecule has 0 spiro atoms. The van der Waals surface area contributed by atoms with Gasteiger partial charge in [-0.3, -0.25) is 0 Å². The molecule has 1 aliphatic heterocycles. The van der Waals surface area contributed by atoms with Crippen molar-refractivity contribution in [2.75, 3.05) is 11.9 Å². The molecule has 2 heterocycles. The van der Waals surface area contributed by atoms with Gasteiger partial charge in [-0.2, -0.15) is 4.98 Å². The van der Waals surface area contributed by atoms with Crippen LogP contribution in [0.15, 0.2) is 12.1 Å². The minimum atomic E-state index is 0.108. The zero-order valence-corrected chi connectivity index (χ0v) is 8.86. The minimum Gasteiger partial charge on any atom is -0.493 e. The summed E-state index contributed by atoms with van der Waals surface area (Å²) in [7, 11) is 2.03. The smallest absolute Gasteiger partial charge is 0.212 e. The van der Waals surface area contributed by atoms with Gasteiger partial charge in [0.05, 0.1) is 0 Å². The van der Waals surface area contributed by atoms with E-state index in [0.717, 1.165) is 12.2 Å². The van der Waals surface area contributed by atoms with Gasteiger partial charge in [0.1, 0.15) is 5.82 Å². The maximum atomic E-state index is 9.34. The molecule has 2 unspecified atom stereocenters. The van der Waals surface area contributed by atoms with Gasteiger partial charge in [0.15, 0.2) is 0 Å². The number of anilines is 1. The van der Waals surface area contributed by atoms with E-state index in [1.54, 1.807) is 6.07 Å². The Morgan fingerprint density at radius 2 is 2.14 bits per heavy atom. The maximum Gasteiger partial charge on any atom is 0.212 e. The first-order valence-electron chi connectivity index (χ1n) is 5.02. The lowest BCUT2D eigenvalue weighted by Crippen LogP contribution is -2.35. The summed E-state index contributed by atoms with van der Waals surface area (Å²) < 4.78 is 0. The van der Waals surface area contributed by atoms with Crippen LogP contribution in [0.1, 0.15) is 31.7 Å². The third-order valence-electron chi connectivity index (χ3n) is 3.11. The summed E-state index contributed by atoms with van der Waals surface area (Å²) >= 11 is 0. The van der Waals surface area contributed by atoms with Crippen LogP contribution in [0.2, 0.25) is 0 Å². The molecule has 3 nitrogen and oxygen atoms in total. The molecule has 0 fully saturated rings. The molecule has 0 saturated carbocycles. The van der Waals surface area contributed by atoms with Crippen molar-refractivity contribution < 1.29 is 5.11 Å².